The molecule has 0 saturated heterocycles. The third kappa shape index (κ3) is 2.99. The SMILES string of the molecule is CCCn1ccnc1Cc1ccc(OC)cc1C(=O)O. The van der Waals surface area contributed by atoms with E-state index >= 15 is 0 Å². The molecule has 0 amide bonds. The van der Waals surface area contributed by atoms with Crippen LogP contribution in [0, 0.1) is 0 Å². The molecular formula is C15H18N2O3. The van der Waals surface area contributed by atoms with E-state index in [1.807, 2.05) is 6.20 Å². The summed E-state index contributed by atoms with van der Waals surface area (Å²) in [5.74, 6) is 0.468. The predicted octanol–water partition coefficient (Wildman–Crippen LogP) is 2.59. The van der Waals surface area contributed by atoms with Gasteiger partial charge >= 0.3 is 5.97 Å². The molecule has 1 aromatic carbocycles. The zero-order chi connectivity index (χ0) is 14.5. The van der Waals surface area contributed by atoms with Crippen molar-refractivity contribution in [2.75, 3.05) is 7.11 Å². The van der Waals surface area contributed by atoms with Gasteiger partial charge in [-0.2, -0.15) is 0 Å². The van der Waals surface area contributed by atoms with Gasteiger partial charge in [0.25, 0.3) is 0 Å². The highest BCUT2D eigenvalue weighted by Crippen LogP contribution is 2.20. The zero-order valence-electron chi connectivity index (χ0n) is 11.7. The molecule has 20 heavy (non-hydrogen) atoms. The second kappa shape index (κ2) is 6.23. The fourth-order valence-electron chi connectivity index (χ4n) is 2.16. The number of nitrogens with zero attached hydrogens (tertiary/aromatic N) is 2. The Morgan fingerprint density at radius 1 is 1.45 bits per heavy atom. The smallest absolute Gasteiger partial charge is 0.336 e. The molecule has 0 aliphatic rings. The van der Waals surface area contributed by atoms with Crippen molar-refractivity contribution in [3.05, 3.63) is 47.5 Å². The van der Waals surface area contributed by atoms with Crippen molar-refractivity contribution >= 4 is 5.97 Å². The number of ether oxygens (including phenoxy) is 1. The average Bonchev–Trinajstić information content (AvgIpc) is 2.87. The van der Waals surface area contributed by atoms with Crippen LogP contribution < -0.4 is 4.74 Å². The van der Waals surface area contributed by atoms with Crippen molar-refractivity contribution < 1.29 is 14.6 Å². The first-order chi connectivity index (χ1) is 9.65. The number of carbonyl (C=O) groups is 1. The molecule has 2 aromatic rings. The number of aryl methyl sites for hydroxylation is 1. The summed E-state index contributed by atoms with van der Waals surface area (Å²) in [5, 5.41) is 9.30. The summed E-state index contributed by atoms with van der Waals surface area (Å²) in [6.07, 6.45) is 5.17. The fourth-order valence-corrected chi connectivity index (χ4v) is 2.16. The highest BCUT2D eigenvalue weighted by molar-refractivity contribution is 5.90. The number of hydrogen-bond acceptors (Lipinski definition) is 3. The maximum absolute atomic E-state index is 11.3. The lowest BCUT2D eigenvalue weighted by Gasteiger charge is -2.10. The van der Waals surface area contributed by atoms with Crippen LogP contribution in [-0.4, -0.2) is 27.7 Å². The summed E-state index contributed by atoms with van der Waals surface area (Å²) >= 11 is 0. The number of aromatic nitrogens is 2. The molecule has 0 saturated carbocycles. The van der Waals surface area contributed by atoms with Crippen LogP contribution in [-0.2, 0) is 13.0 Å². The molecule has 5 nitrogen and oxygen atoms in total. The molecule has 0 bridgehead atoms. The highest BCUT2D eigenvalue weighted by Gasteiger charge is 2.14. The van der Waals surface area contributed by atoms with Crippen molar-refractivity contribution in [1.29, 1.82) is 0 Å². The lowest BCUT2D eigenvalue weighted by atomic mass is 10.0. The normalized spacial score (nSPS) is 10.5. The minimum atomic E-state index is -0.951. The van der Waals surface area contributed by atoms with Gasteiger partial charge in [0.15, 0.2) is 0 Å². The summed E-state index contributed by atoms with van der Waals surface area (Å²) in [6, 6.07) is 5.10. The molecule has 0 atom stereocenters. The minimum absolute atomic E-state index is 0.260. The number of aromatic carboxylic acids is 1. The molecule has 0 spiro atoms. The van der Waals surface area contributed by atoms with Crippen LogP contribution in [0.15, 0.2) is 30.6 Å². The summed E-state index contributed by atoms with van der Waals surface area (Å²) in [4.78, 5) is 15.7. The number of imidazole rings is 1. The van der Waals surface area contributed by atoms with E-state index in [1.165, 1.54) is 7.11 Å². The molecule has 2 rings (SSSR count). The van der Waals surface area contributed by atoms with E-state index in [4.69, 9.17) is 4.74 Å². The van der Waals surface area contributed by atoms with E-state index < -0.39 is 5.97 Å². The highest BCUT2D eigenvalue weighted by atomic mass is 16.5. The van der Waals surface area contributed by atoms with Crippen LogP contribution in [0.2, 0.25) is 0 Å². The first kappa shape index (κ1) is 14.1. The Morgan fingerprint density at radius 3 is 2.90 bits per heavy atom. The molecule has 0 radical (unpaired) electrons. The number of carboxylic acid groups (broad SMARTS) is 1. The third-order valence-corrected chi connectivity index (χ3v) is 3.16. The van der Waals surface area contributed by atoms with Gasteiger partial charge in [-0.25, -0.2) is 9.78 Å². The maximum Gasteiger partial charge on any atom is 0.336 e. The van der Waals surface area contributed by atoms with Gasteiger partial charge in [0.1, 0.15) is 11.6 Å². The molecular weight excluding hydrogens is 256 g/mol. The van der Waals surface area contributed by atoms with Crippen molar-refractivity contribution in [2.45, 2.75) is 26.3 Å². The zero-order valence-corrected chi connectivity index (χ0v) is 11.7. The van der Waals surface area contributed by atoms with Crippen LogP contribution in [0.5, 0.6) is 5.75 Å². The van der Waals surface area contributed by atoms with Gasteiger partial charge in [0.05, 0.1) is 12.7 Å². The number of methoxy groups -OCH3 is 1. The summed E-state index contributed by atoms with van der Waals surface area (Å²) in [7, 11) is 1.52. The predicted molar refractivity (Wildman–Crippen MR) is 75.3 cm³/mol. The second-order valence-electron chi connectivity index (χ2n) is 4.54. The number of hydrogen-bond donors (Lipinski definition) is 1. The van der Waals surface area contributed by atoms with Crippen LogP contribution in [0.1, 0.15) is 35.1 Å². The van der Waals surface area contributed by atoms with Gasteiger partial charge in [-0.15, -0.1) is 0 Å². The lowest BCUT2D eigenvalue weighted by Crippen LogP contribution is -2.08. The Morgan fingerprint density at radius 2 is 2.25 bits per heavy atom. The van der Waals surface area contributed by atoms with E-state index in [2.05, 4.69) is 16.5 Å². The first-order valence-corrected chi connectivity index (χ1v) is 6.56. The Labute approximate surface area is 117 Å². The van der Waals surface area contributed by atoms with Gasteiger partial charge in [-0.05, 0) is 24.1 Å². The average molecular weight is 274 g/mol. The minimum Gasteiger partial charge on any atom is -0.497 e. The monoisotopic (exact) mass is 274 g/mol. The Bertz CT molecular complexity index is 605. The van der Waals surface area contributed by atoms with E-state index in [-0.39, 0.29) is 5.56 Å². The van der Waals surface area contributed by atoms with E-state index in [0.29, 0.717) is 12.2 Å². The molecule has 1 N–H and O–H groups in total. The Kier molecular flexibility index (Phi) is 4.40. The van der Waals surface area contributed by atoms with Gasteiger partial charge in [-0.1, -0.05) is 13.0 Å². The molecule has 1 aromatic heterocycles. The van der Waals surface area contributed by atoms with Gasteiger partial charge in [-0.3, -0.25) is 0 Å². The Balaban J connectivity index is 2.33. The molecule has 0 aliphatic heterocycles. The van der Waals surface area contributed by atoms with E-state index in [9.17, 15) is 9.90 Å². The van der Waals surface area contributed by atoms with Crippen molar-refractivity contribution in [3.63, 3.8) is 0 Å². The van der Waals surface area contributed by atoms with E-state index in [0.717, 1.165) is 24.4 Å². The summed E-state index contributed by atoms with van der Waals surface area (Å²) < 4.78 is 7.12. The summed E-state index contributed by atoms with van der Waals surface area (Å²) in [5.41, 5.74) is 0.997. The fraction of sp³-hybridized carbons (Fsp3) is 0.333. The molecule has 0 fully saturated rings. The Hall–Kier alpha value is -2.30. The van der Waals surface area contributed by atoms with Gasteiger partial charge in [0, 0.05) is 25.4 Å². The molecule has 5 heteroatoms. The van der Waals surface area contributed by atoms with Gasteiger partial charge in [0.2, 0.25) is 0 Å². The largest absolute Gasteiger partial charge is 0.497 e. The standard InChI is InChI=1S/C15H18N2O3/c1-3-7-17-8-6-16-14(17)9-11-4-5-12(20-2)10-13(11)15(18)19/h4-6,8,10H,3,7,9H2,1-2H3,(H,18,19). The number of carboxylic acids is 1. The van der Waals surface area contributed by atoms with Crippen LogP contribution in [0.3, 0.4) is 0 Å². The maximum atomic E-state index is 11.3. The van der Waals surface area contributed by atoms with Crippen molar-refractivity contribution in [2.24, 2.45) is 0 Å². The number of rotatable bonds is 6. The molecule has 0 unspecified atom stereocenters. The van der Waals surface area contributed by atoms with Crippen LogP contribution >= 0.6 is 0 Å². The van der Waals surface area contributed by atoms with Crippen molar-refractivity contribution in [3.8, 4) is 5.75 Å². The molecule has 106 valence electrons. The first-order valence-electron chi connectivity index (χ1n) is 6.56. The molecule has 0 aliphatic carbocycles. The van der Waals surface area contributed by atoms with Crippen LogP contribution in [0.4, 0.5) is 0 Å². The quantitative estimate of drug-likeness (QED) is 0.879. The second-order valence-corrected chi connectivity index (χ2v) is 4.54. The third-order valence-electron chi connectivity index (χ3n) is 3.16. The van der Waals surface area contributed by atoms with E-state index in [1.54, 1.807) is 24.4 Å². The van der Waals surface area contributed by atoms with Gasteiger partial charge < -0.3 is 14.4 Å². The summed E-state index contributed by atoms with van der Waals surface area (Å²) in [6.45, 7) is 2.98. The molecule has 1 heterocycles. The number of benzene rings is 1. The van der Waals surface area contributed by atoms with Crippen LogP contribution in [0.25, 0.3) is 0 Å². The topological polar surface area (TPSA) is 64.4 Å². The van der Waals surface area contributed by atoms with Crippen molar-refractivity contribution in [1.82, 2.24) is 9.55 Å². The lowest BCUT2D eigenvalue weighted by molar-refractivity contribution is 0.0695.